The van der Waals surface area contributed by atoms with E-state index in [1.165, 1.54) is 5.57 Å². The predicted octanol–water partition coefficient (Wildman–Crippen LogP) is 9.18. The van der Waals surface area contributed by atoms with Gasteiger partial charge in [0.1, 0.15) is 18.3 Å². The lowest BCUT2D eigenvalue weighted by Crippen LogP contribution is -2.58. The molecule has 0 bridgehead atoms. The molecule has 0 aromatic rings. The van der Waals surface area contributed by atoms with Gasteiger partial charge in [-0.3, -0.25) is 4.79 Å². The van der Waals surface area contributed by atoms with Crippen molar-refractivity contribution in [3.63, 3.8) is 0 Å². The van der Waals surface area contributed by atoms with E-state index in [0.29, 0.717) is 6.42 Å². The van der Waals surface area contributed by atoms with E-state index in [0.717, 1.165) is 44.9 Å². The smallest absolute Gasteiger partial charge is 0.334 e. The van der Waals surface area contributed by atoms with Gasteiger partial charge < -0.3 is 18.3 Å². The number of hydrogen-bond donors (Lipinski definition) is 0. The number of cyclic esters (lactones) is 1. The summed E-state index contributed by atoms with van der Waals surface area (Å²) in [5.74, 6) is 0.145. The third kappa shape index (κ3) is 9.12. The second-order valence-electron chi connectivity index (χ2n) is 17.7. The minimum Gasteiger partial charge on any atom is -0.461 e. The standard InChI is InChI=1S/C39H70O6Si2/c1-15-21-38(16-2,17-3)35(41)43-31-24-28(36(5,6)7)23-27-19-18-26(4)39(32(27)31,45-47(13)14)22-20-29-25-30(37(8,9)10)33(34(40)42-29)44-46(11)12/h18-19,23,26,28-33,46-47H,15-17,20-22,24-25H2,1-14H3/t26-,28+,29+,30-,31-,32+,33?,39-/m0/s1. The quantitative estimate of drug-likeness (QED) is 0.142. The molecule has 1 heterocycles. The van der Waals surface area contributed by atoms with Gasteiger partial charge in [0.25, 0.3) is 0 Å². The lowest BCUT2D eigenvalue weighted by atomic mass is 9.59. The Hall–Kier alpha value is -1.23. The van der Waals surface area contributed by atoms with Crippen molar-refractivity contribution in [2.75, 3.05) is 0 Å². The molecule has 1 unspecified atom stereocenters. The molecular weight excluding hydrogens is 621 g/mol. The highest BCUT2D eigenvalue weighted by atomic mass is 28.3. The molecule has 0 saturated carbocycles. The molecule has 8 heteroatoms. The number of carbonyl (C=O) groups is 2. The Morgan fingerprint density at radius 2 is 1.62 bits per heavy atom. The third-order valence-electron chi connectivity index (χ3n) is 11.6. The van der Waals surface area contributed by atoms with Gasteiger partial charge >= 0.3 is 11.9 Å². The first kappa shape index (κ1) is 40.2. The van der Waals surface area contributed by atoms with E-state index < -0.39 is 35.2 Å². The van der Waals surface area contributed by atoms with Crippen LogP contribution in [-0.4, -0.2) is 53.9 Å². The fraction of sp³-hybridized carbons (Fsp3) is 0.846. The van der Waals surface area contributed by atoms with Gasteiger partial charge in [0.05, 0.1) is 11.0 Å². The third-order valence-corrected chi connectivity index (χ3v) is 13.4. The topological polar surface area (TPSA) is 71.1 Å². The largest absolute Gasteiger partial charge is 0.461 e. The van der Waals surface area contributed by atoms with Gasteiger partial charge in [-0.05, 0) is 93.5 Å². The van der Waals surface area contributed by atoms with Crippen molar-refractivity contribution in [1.29, 1.82) is 0 Å². The maximum atomic E-state index is 14.3. The van der Waals surface area contributed by atoms with E-state index in [1.807, 2.05) is 0 Å². The van der Waals surface area contributed by atoms with Gasteiger partial charge in [-0.15, -0.1) is 0 Å². The number of esters is 2. The molecule has 0 aromatic carbocycles. The van der Waals surface area contributed by atoms with Gasteiger partial charge in [0.15, 0.2) is 18.1 Å². The molecule has 8 atom stereocenters. The van der Waals surface area contributed by atoms with Gasteiger partial charge in [-0.2, -0.15) is 0 Å². The fourth-order valence-electron chi connectivity index (χ4n) is 8.64. The zero-order valence-electron chi connectivity index (χ0n) is 32.5. The first-order valence-electron chi connectivity index (χ1n) is 18.9. The monoisotopic (exact) mass is 690 g/mol. The van der Waals surface area contributed by atoms with Crippen LogP contribution in [0, 0.1) is 39.9 Å². The average Bonchev–Trinajstić information content (AvgIpc) is 2.96. The van der Waals surface area contributed by atoms with E-state index in [-0.39, 0.29) is 58.6 Å². The van der Waals surface area contributed by atoms with Crippen LogP contribution < -0.4 is 0 Å². The fourth-order valence-corrected chi connectivity index (χ4v) is 10.9. The Balaban J connectivity index is 2.06. The first-order chi connectivity index (χ1) is 21.7. The molecule has 0 aromatic heterocycles. The highest BCUT2D eigenvalue weighted by Gasteiger charge is 2.55. The zero-order chi connectivity index (χ0) is 35.5. The molecule has 6 nitrogen and oxygen atoms in total. The summed E-state index contributed by atoms with van der Waals surface area (Å²) < 4.78 is 26.5. The Morgan fingerprint density at radius 1 is 0.979 bits per heavy atom. The van der Waals surface area contributed by atoms with Crippen molar-refractivity contribution in [1.82, 2.24) is 0 Å². The van der Waals surface area contributed by atoms with Crippen LogP contribution in [0.25, 0.3) is 0 Å². The molecule has 0 radical (unpaired) electrons. The van der Waals surface area contributed by atoms with Crippen LogP contribution in [0.3, 0.4) is 0 Å². The number of hydrogen-bond acceptors (Lipinski definition) is 6. The Kier molecular flexibility index (Phi) is 13.5. The number of allylic oxidation sites excluding steroid dienone is 2. The van der Waals surface area contributed by atoms with Crippen LogP contribution in [-0.2, 0) is 27.9 Å². The molecule has 3 rings (SSSR count). The Bertz CT molecular complexity index is 1130. The number of fused-ring (bicyclic) bond motifs is 1. The number of rotatable bonds is 13. The van der Waals surface area contributed by atoms with E-state index in [9.17, 15) is 9.59 Å². The molecule has 1 fully saturated rings. The molecule has 3 aliphatic rings. The van der Waals surface area contributed by atoms with Crippen molar-refractivity contribution in [2.45, 2.75) is 171 Å². The van der Waals surface area contributed by atoms with Crippen molar-refractivity contribution in [2.24, 2.45) is 39.9 Å². The summed E-state index contributed by atoms with van der Waals surface area (Å²) in [6.07, 6.45) is 12.4. The maximum Gasteiger partial charge on any atom is 0.334 e. The highest BCUT2D eigenvalue weighted by Crippen LogP contribution is 2.53. The first-order valence-corrected chi connectivity index (χ1v) is 24.5. The SMILES string of the molecule is CCCC(CC)(CC)C(=O)O[C@H]1C[C@H](C(C)(C)C)C=C2C=C[C@H](C)[C@](CC[C@@H]3C[C@H](C(C)(C)C)C(O[SiH](C)C)C(=O)O3)(O[SiH](C)C)[C@H]21. The maximum absolute atomic E-state index is 14.3. The summed E-state index contributed by atoms with van der Waals surface area (Å²) in [5.41, 5.74) is 0.161. The van der Waals surface area contributed by atoms with Gasteiger partial charge in [-0.1, -0.05) is 93.9 Å². The summed E-state index contributed by atoms with van der Waals surface area (Å²) in [6, 6.07) is 0. The normalized spacial score (nSPS) is 31.9. The van der Waals surface area contributed by atoms with Crippen molar-refractivity contribution in [3.8, 4) is 0 Å². The molecule has 0 N–H and O–H groups in total. The second-order valence-corrected chi connectivity index (χ2v) is 22.4. The van der Waals surface area contributed by atoms with Crippen molar-refractivity contribution >= 4 is 30.0 Å². The Labute approximate surface area is 291 Å². The van der Waals surface area contributed by atoms with Crippen LogP contribution in [0.4, 0.5) is 0 Å². The van der Waals surface area contributed by atoms with Gasteiger partial charge in [0.2, 0.25) is 0 Å². The van der Waals surface area contributed by atoms with E-state index in [4.69, 9.17) is 18.3 Å². The summed E-state index contributed by atoms with van der Waals surface area (Å²) in [5, 5.41) is 0. The highest BCUT2D eigenvalue weighted by molar-refractivity contribution is 6.48. The van der Waals surface area contributed by atoms with Gasteiger partial charge in [0, 0.05) is 17.8 Å². The minimum atomic E-state index is -1.56. The summed E-state index contributed by atoms with van der Waals surface area (Å²) in [4.78, 5) is 27.7. The summed E-state index contributed by atoms with van der Waals surface area (Å²) in [7, 11) is -3.00. The number of carbonyl (C=O) groups excluding carboxylic acids is 2. The molecule has 270 valence electrons. The molecule has 2 aliphatic carbocycles. The second kappa shape index (κ2) is 15.8. The minimum absolute atomic E-state index is 0.0294. The lowest BCUT2D eigenvalue weighted by molar-refractivity contribution is -0.181. The lowest BCUT2D eigenvalue weighted by Gasteiger charge is -2.54. The van der Waals surface area contributed by atoms with Crippen LogP contribution in [0.15, 0.2) is 23.8 Å². The van der Waals surface area contributed by atoms with Crippen LogP contribution in [0.1, 0.15) is 121 Å². The van der Waals surface area contributed by atoms with Crippen LogP contribution >= 0.6 is 0 Å². The van der Waals surface area contributed by atoms with Crippen LogP contribution in [0.2, 0.25) is 26.2 Å². The van der Waals surface area contributed by atoms with Crippen molar-refractivity contribution < 1.29 is 27.9 Å². The molecule has 1 saturated heterocycles. The summed E-state index contributed by atoms with van der Waals surface area (Å²) in [6.45, 7) is 30.9. The summed E-state index contributed by atoms with van der Waals surface area (Å²) >= 11 is 0. The zero-order valence-corrected chi connectivity index (χ0v) is 34.8. The molecule has 47 heavy (non-hydrogen) atoms. The van der Waals surface area contributed by atoms with E-state index in [1.54, 1.807) is 0 Å². The average molecular weight is 691 g/mol. The van der Waals surface area contributed by atoms with E-state index >= 15 is 0 Å². The Morgan fingerprint density at radius 3 is 2.13 bits per heavy atom. The number of ether oxygens (including phenoxy) is 2. The molecular formula is C39H70O6Si2. The molecule has 1 aliphatic heterocycles. The molecule has 0 amide bonds. The van der Waals surface area contributed by atoms with Gasteiger partial charge in [-0.25, -0.2) is 4.79 Å². The van der Waals surface area contributed by atoms with Crippen LogP contribution in [0.5, 0.6) is 0 Å². The van der Waals surface area contributed by atoms with Crippen molar-refractivity contribution in [3.05, 3.63) is 23.8 Å². The predicted molar refractivity (Wildman–Crippen MR) is 198 cm³/mol. The van der Waals surface area contributed by atoms with E-state index in [2.05, 4.69) is 114 Å². The molecule has 0 spiro atoms.